The molecule has 1 heterocycles. The number of sulfone groups is 1. The van der Waals surface area contributed by atoms with E-state index in [-0.39, 0.29) is 10.6 Å². The van der Waals surface area contributed by atoms with E-state index in [4.69, 9.17) is 5.26 Å². The van der Waals surface area contributed by atoms with Crippen LogP contribution in [-0.4, -0.2) is 8.42 Å². The number of allylic oxidation sites excluding steroid dienone is 1. The topological polar surface area (TPSA) is 61.2 Å². The number of hydrogen-bond acceptors (Lipinski definition) is 4. The van der Waals surface area contributed by atoms with E-state index in [2.05, 4.69) is 15.9 Å². The van der Waals surface area contributed by atoms with Crippen molar-refractivity contribution in [3.63, 3.8) is 0 Å². The third-order valence-corrected chi connectivity index (χ3v) is 5.62. The van der Waals surface area contributed by atoms with Gasteiger partial charge < -0.3 is 4.90 Å². The van der Waals surface area contributed by atoms with Gasteiger partial charge in [-0.05, 0) is 52.3 Å². The maximum absolute atomic E-state index is 13.6. The van der Waals surface area contributed by atoms with Gasteiger partial charge in [0.25, 0.3) is 0 Å². The summed E-state index contributed by atoms with van der Waals surface area (Å²) >= 11 is 3.19. The van der Waals surface area contributed by atoms with Crippen LogP contribution >= 0.6 is 15.9 Å². The summed E-state index contributed by atoms with van der Waals surface area (Å²) in [5, 5.41) is 9.12. The van der Waals surface area contributed by atoms with Crippen LogP contribution in [0, 0.1) is 23.0 Å². The number of halogens is 3. The maximum atomic E-state index is 13.6. The van der Waals surface area contributed by atoms with E-state index in [9.17, 15) is 17.2 Å². The Balaban J connectivity index is 2.33. The van der Waals surface area contributed by atoms with Gasteiger partial charge in [0.1, 0.15) is 17.7 Å². The molecule has 0 unspecified atom stereocenters. The van der Waals surface area contributed by atoms with Gasteiger partial charge in [-0.2, -0.15) is 5.26 Å². The second-order valence-corrected chi connectivity index (χ2v) is 7.43. The average Bonchev–Trinajstić information content (AvgIpc) is 2.48. The van der Waals surface area contributed by atoms with E-state index in [1.807, 2.05) is 0 Å². The third-order valence-electron chi connectivity index (χ3n) is 3.29. The lowest BCUT2D eigenvalue weighted by Crippen LogP contribution is -2.21. The van der Waals surface area contributed by atoms with Gasteiger partial charge in [0.2, 0.25) is 9.84 Å². The number of nitrogens with zero attached hydrogens (tertiary/aromatic N) is 2. The van der Waals surface area contributed by atoms with Gasteiger partial charge >= 0.3 is 0 Å². The van der Waals surface area contributed by atoms with Crippen LogP contribution < -0.4 is 4.90 Å². The monoisotopic (exact) mass is 396 g/mol. The van der Waals surface area contributed by atoms with Gasteiger partial charge in [0, 0.05) is 10.7 Å². The predicted octanol–water partition coefficient (Wildman–Crippen LogP) is 4.02. The van der Waals surface area contributed by atoms with E-state index in [0.717, 1.165) is 24.4 Å². The molecule has 4 nitrogen and oxygen atoms in total. The minimum absolute atomic E-state index is 0.0521. The Morgan fingerprint density at radius 3 is 2.35 bits per heavy atom. The minimum atomic E-state index is -4.01. The maximum Gasteiger partial charge on any atom is 0.220 e. The zero-order valence-corrected chi connectivity index (χ0v) is 13.7. The van der Waals surface area contributed by atoms with Crippen LogP contribution in [0.1, 0.15) is 0 Å². The Morgan fingerprint density at radius 2 is 1.70 bits per heavy atom. The predicted molar refractivity (Wildman–Crippen MR) is 83.5 cm³/mol. The standard InChI is InChI=1S/C15H7BrF2N2O2S/c16-12-5-9(17)1-3-13(12)20-8-11(7-19)23(21,22)15-4-2-10(18)6-14(15)20/h1-6,8H. The second kappa shape index (κ2) is 5.44. The van der Waals surface area contributed by atoms with Gasteiger partial charge in [-0.15, -0.1) is 0 Å². The van der Waals surface area contributed by atoms with Gasteiger partial charge in [-0.3, -0.25) is 0 Å². The molecule has 0 bridgehead atoms. The quantitative estimate of drug-likeness (QED) is 0.683. The molecule has 0 fully saturated rings. The van der Waals surface area contributed by atoms with Crippen LogP contribution in [-0.2, 0) is 9.84 Å². The van der Waals surface area contributed by atoms with Crippen molar-refractivity contribution >= 4 is 37.1 Å². The molecule has 2 aromatic carbocycles. The molecule has 0 aromatic heterocycles. The van der Waals surface area contributed by atoms with Gasteiger partial charge in [-0.1, -0.05) is 0 Å². The van der Waals surface area contributed by atoms with Crippen LogP contribution in [0.2, 0.25) is 0 Å². The summed E-state index contributed by atoms with van der Waals surface area (Å²) in [6.07, 6.45) is 1.09. The lowest BCUT2D eigenvalue weighted by Gasteiger charge is -2.28. The van der Waals surface area contributed by atoms with Gasteiger partial charge in [0.05, 0.1) is 16.3 Å². The smallest absolute Gasteiger partial charge is 0.220 e. The Bertz CT molecular complexity index is 997. The molecule has 0 saturated carbocycles. The molecular formula is C15H7BrF2N2O2S. The Kier molecular flexibility index (Phi) is 3.70. The van der Waals surface area contributed by atoms with Crippen LogP contribution in [0.3, 0.4) is 0 Å². The normalized spacial score (nSPS) is 15.6. The third kappa shape index (κ3) is 2.52. The van der Waals surface area contributed by atoms with Crippen molar-refractivity contribution in [2.75, 3.05) is 4.90 Å². The number of hydrogen-bond donors (Lipinski definition) is 0. The molecule has 0 spiro atoms. The van der Waals surface area contributed by atoms with Crippen molar-refractivity contribution in [2.45, 2.75) is 4.90 Å². The molecule has 1 aliphatic heterocycles. The Morgan fingerprint density at radius 1 is 1.04 bits per heavy atom. The van der Waals surface area contributed by atoms with E-state index >= 15 is 0 Å². The lowest BCUT2D eigenvalue weighted by atomic mass is 10.2. The molecule has 8 heteroatoms. The summed E-state index contributed by atoms with van der Waals surface area (Å²) in [5.41, 5.74) is 0.428. The van der Waals surface area contributed by atoms with Crippen LogP contribution in [0.25, 0.3) is 0 Å². The molecular weight excluding hydrogens is 390 g/mol. The van der Waals surface area contributed by atoms with Crippen molar-refractivity contribution in [1.29, 1.82) is 5.26 Å². The lowest BCUT2D eigenvalue weighted by molar-refractivity contribution is 0.600. The van der Waals surface area contributed by atoms with Crippen molar-refractivity contribution in [3.05, 3.63) is 63.6 Å². The van der Waals surface area contributed by atoms with Crippen LogP contribution in [0.4, 0.5) is 20.2 Å². The van der Waals surface area contributed by atoms with Crippen molar-refractivity contribution in [2.24, 2.45) is 0 Å². The first kappa shape index (κ1) is 15.6. The fraction of sp³-hybridized carbons (Fsp3) is 0. The first-order valence-electron chi connectivity index (χ1n) is 6.25. The summed E-state index contributed by atoms with van der Waals surface area (Å²) in [5.74, 6) is -1.12. The summed E-state index contributed by atoms with van der Waals surface area (Å²) in [6, 6.07) is 8.57. The highest BCUT2D eigenvalue weighted by Gasteiger charge is 2.33. The molecule has 23 heavy (non-hydrogen) atoms. The fourth-order valence-electron chi connectivity index (χ4n) is 2.25. The molecule has 0 aliphatic carbocycles. The fourth-order valence-corrected chi connectivity index (χ4v) is 4.07. The van der Waals surface area contributed by atoms with Gasteiger partial charge in [-0.25, -0.2) is 17.2 Å². The van der Waals surface area contributed by atoms with Crippen molar-refractivity contribution < 1.29 is 17.2 Å². The van der Waals surface area contributed by atoms with E-state index in [0.29, 0.717) is 10.2 Å². The van der Waals surface area contributed by atoms with Crippen LogP contribution in [0.5, 0.6) is 0 Å². The SMILES string of the molecule is N#CC1=CN(c2ccc(F)cc2Br)c2cc(F)ccc2S1(=O)=O. The minimum Gasteiger partial charge on any atom is -0.313 e. The van der Waals surface area contributed by atoms with E-state index in [1.54, 1.807) is 6.07 Å². The summed E-state index contributed by atoms with van der Waals surface area (Å²) < 4.78 is 51.9. The number of rotatable bonds is 1. The Hall–Kier alpha value is -2.24. The zero-order chi connectivity index (χ0) is 16.8. The zero-order valence-electron chi connectivity index (χ0n) is 11.3. The molecule has 3 rings (SSSR count). The highest BCUT2D eigenvalue weighted by Crippen LogP contribution is 2.42. The molecule has 0 atom stereocenters. The first-order chi connectivity index (χ1) is 10.8. The number of nitriles is 1. The summed E-state index contributed by atoms with van der Waals surface area (Å²) in [4.78, 5) is 0.670. The van der Waals surface area contributed by atoms with E-state index in [1.165, 1.54) is 23.1 Å². The van der Waals surface area contributed by atoms with Crippen molar-refractivity contribution in [3.8, 4) is 6.07 Å². The molecule has 1 aliphatic rings. The molecule has 116 valence electrons. The number of benzene rings is 2. The molecule has 0 radical (unpaired) electrons. The van der Waals surface area contributed by atoms with E-state index < -0.39 is 26.4 Å². The first-order valence-corrected chi connectivity index (χ1v) is 8.53. The molecule has 0 amide bonds. The second-order valence-electron chi connectivity index (χ2n) is 4.69. The summed E-state index contributed by atoms with van der Waals surface area (Å²) in [7, 11) is -4.01. The Labute approximate surface area is 139 Å². The molecule has 0 N–H and O–H groups in total. The number of fused-ring (bicyclic) bond motifs is 1. The highest BCUT2D eigenvalue weighted by atomic mass is 79.9. The van der Waals surface area contributed by atoms with Gasteiger partial charge in [0.15, 0.2) is 4.91 Å². The molecule has 0 saturated heterocycles. The molecule has 2 aromatic rings. The largest absolute Gasteiger partial charge is 0.313 e. The summed E-state index contributed by atoms with van der Waals surface area (Å²) in [6.45, 7) is 0. The van der Waals surface area contributed by atoms with Crippen molar-refractivity contribution in [1.82, 2.24) is 0 Å². The number of anilines is 2. The van der Waals surface area contributed by atoms with Crippen LogP contribution in [0.15, 0.2) is 56.9 Å². The average molecular weight is 397 g/mol. The highest BCUT2D eigenvalue weighted by molar-refractivity contribution is 9.10.